The number of aliphatic imine (C=N–C) groups is 2. The molecular formula is C16H23N5O4S. The summed E-state index contributed by atoms with van der Waals surface area (Å²) in [5, 5.41) is 0. The summed E-state index contributed by atoms with van der Waals surface area (Å²) < 4.78 is 38.1. The molecule has 0 aromatic heterocycles. The molecule has 9 nitrogen and oxygen atoms in total. The van der Waals surface area contributed by atoms with Crippen molar-refractivity contribution in [2.75, 3.05) is 12.0 Å². The van der Waals surface area contributed by atoms with Crippen LogP contribution in [0.25, 0.3) is 0 Å². The summed E-state index contributed by atoms with van der Waals surface area (Å²) in [7, 11) is -2.96. The van der Waals surface area contributed by atoms with E-state index < -0.39 is 15.8 Å². The molecule has 0 atom stereocenters. The summed E-state index contributed by atoms with van der Waals surface area (Å²) in [4.78, 5) is 10.2. The van der Waals surface area contributed by atoms with E-state index in [9.17, 15) is 13.0 Å². The summed E-state index contributed by atoms with van der Waals surface area (Å²) in [6.07, 6.45) is 4.51. The van der Waals surface area contributed by atoms with Crippen LogP contribution in [0.5, 0.6) is 5.75 Å². The molecule has 1 aliphatic heterocycles. The third kappa shape index (κ3) is 3.10. The summed E-state index contributed by atoms with van der Waals surface area (Å²) in [5.74, 6) is 0.560. The second kappa shape index (κ2) is 6.44. The minimum absolute atomic E-state index is 0.130. The molecule has 0 saturated heterocycles. The summed E-state index contributed by atoms with van der Waals surface area (Å²) in [6.45, 7) is 1.59. The number of nitrogens with zero attached hydrogens (tertiary/aromatic N) is 3. The number of aryl methyl sites for hydroxylation is 1. The fourth-order valence-corrected chi connectivity index (χ4v) is 4.46. The van der Waals surface area contributed by atoms with Crippen molar-refractivity contribution in [3.05, 3.63) is 17.7 Å². The third-order valence-corrected chi connectivity index (χ3v) is 5.84. The Bertz CT molecular complexity index is 888. The predicted octanol–water partition coefficient (Wildman–Crippen LogP) is 1.36. The van der Waals surface area contributed by atoms with Gasteiger partial charge in [0.1, 0.15) is 16.3 Å². The van der Waals surface area contributed by atoms with E-state index in [4.69, 9.17) is 16.2 Å². The molecule has 26 heavy (non-hydrogen) atoms. The molecule has 5 N–H and O–H groups in total. The van der Waals surface area contributed by atoms with Gasteiger partial charge in [-0.2, -0.15) is 13.4 Å². The molecule has 1 aromatic carbocycles. The van der Waals surface area contributed by atoms with E-state index in [2.05, 4.69) is 9.98 Å². The highest BCUT2D eigenvalue weighted by atomic mass is 32.2. The first-order valence-corrected chi connectivity index (χ1v) is 9.78. The SMILES string of the molecule is COc1cc(S(=O)(=O)O)c(C)cc1N1C(N)=NC(N)=NC12CCCCC2. The largest absolute Gasteiger partial charge is 0.495 e. The van der Waals surface area contributed by atoms with E-state index >= 15 is 0 Å². The average Bonchev–Trinajstić information content (AvgIpc) is 2.53. The Hall–Kier alpha value is -2.33. The Kier molecular flexibility index (Phi) is 4.57. The van der Waals surface area contributed by atoms with Crippen LogP contribution in [0.3, 0.4) is 0 Å². The molecule has 3 rings (SSSR count). The number of methoxy groups -OCH3 is 1. The van der Waals surface area contributed by atoms with Crippen LogP contribution in [0.4, 0.5) is 5.69 Å². The van der Waals surface area contributed by atoms with Crippen LogP contribution in [0, 0.1) is 6.92 Å². The highest BCUT2D eigenvalue weighted by Crippen LogP contribution is 2.43. The Balaban J connectivity index is 2.20. The lowest BCUT2D eigenvalue weighted by Crippen LogP contribution is -2.58. The molecule has 142 valence electrons. The molecule has 1 saturated carbocycles. The molecule has 1 spiro atoms. The molecule has 0 radical (unpaired) electrons. The number of nitrogens with two attached hydrogens (primary N) is 2. The second-order valence-electron chi connectivity index (χ2n) is 6.58. The number of anilines is 1. The van der Waals surface area contributed by atoms with Crippen LogP contribution >= 0.6 is 0 Å². The Labute approximate surface area is 152 Å². The smallest absolute Gasteiger partial charge is 0.294 e. The van der Waals surface area contributed by atoms with Crippen LogP contribution < -0.4 is 21.1 Å². The van der Waals surface area contributed by atoms with Crippen molar-refractivity contribution in [3.63, 3.8) is 0 Å². The van der Waals surface area contributed by atoms with Crippen molar-refractivity contribution in [2.45, 2.75) is 49.6 Å². The second-order valence-corrected chi connectivity index (χ2v) is 7.97. The molecule has 0 unspecified atom stereocenters. The molecule has 1 aromatic rings. The van der Waals surface area contributed by atoms with Gasteiger partial charge in [0, 0.05) is 6.07 Å². The Morgan fingerprint density at radius 2 is 1.88 bits per heavy atom. The Morgan fingerprint density at radius 1 is 1.23 bits per heavy atom. The van der Waals surface area contributed by atoms with Gasteiger partial charge in [-0.1, -0.05) is 6.42 Å². The first-order chi connectivity index (χ1) is 12.2. The number of hydrogen-bond acceptors (Lipinski definition) is 8. The summed E-state index contributed by atoms with van der Waals surface area (Å²) in [6, 6.07) is 2.89. The maximum Gasteiger partial charge on any atom is 0.294 e. The van der Waals surface area contributed by atoms with Crippen molar-refractivity contribution in [3.8, 4) is 5.75 Å². The summed E-state index contributed by atoms with van der Waals surface area (Å²) in [5.41, 5.74) is 12.3. The van der Waals surface area contributed by atoms with E-state index in [1.54, 1.807) is 17.9 Å². The quantitative estimate of drug-likeness (QED) is 0.671. The van der Waals surface area contributed by atoms with Crippen molar-refractivity contribution < 1.29 is 17.7 Å². The van der Waals surface area contributed by atoms with Crippen LogP contribution in [0.1, 0.15) is 37.7 Å². The normalized spacial score (nSPS) is 19.9. The van der Waals surface area contributed by atoms with E-state index in [-0.39, 0.29) is 22.6 Å². The minimum Gasteiger partial charge on any atom is -0.495 e. The molecule has 1 fully saturated rings. The summed E-state index contributed by atoms with van der Waals surface area (Å²) >= 11 is 0. The minimum atomic E-state index is -4.38. The average molecular weight is 381 g/mol. The highest BCUT2D eigenvalue weighted by molar-refractivity contribution is 7.85. The zero-order valence-corrected chi connectivity index (χ0v) is 15.6. The lowest BCUT2D eigenvalue weighted by molar-refractivity contribution is 0.303. The molecule has 0 amide bonds. The van der Waals surface area contributed by atoms with Crippen molar-refractivity contribution in [2.24, 2.45) is 21.5 Å². The number of hydrogen-bond donors (Lipinski definition) is 3. The fraction of sp³-hybridized carbons (Fsp3) is 0.500. The highest BCUT2D eigenvalue weighted by Gasteiger charge is 2.43. The lowest BCUT2D eigenvalue weighted by atomic mass is 9.87. The number of rotatable bonds is 3. The van der Waals surface area contributed by atoms with Crippen molar-refractivity contribution in [1.82, 2.24) is 0 Å². The first-order valence-electron chi connectivity index (χ1n) is 8.34. The van der Waals surface area contributed by atoms with Gasteiger partial charge in [-0.3, -0.25) is 9.45 Å². The van der Waals surface area contributed by atoms with Gasteiger partial charge < -0.3 is 16.2 Å². The van der Waals surface area contributed by atoms with Gasteiger partial charge in [-0.05, 0) is 44.2 Å². The topological polar surface area (TPSA) is 144 Å². The zero-order valence-electron chi connectivity index (χ0n) is 14.8. The van der Waals surface area contributed by atoms with Gasteiger partial charge in [0.2, 0.25) is 11.9 Å². The first kappa shape index (κ1) is 18.5. The maximum absolute atomic E-state index is 11.6. The van der Waals surface area contributed by atoms with Crippen LogP contribution in [0.15, 0.2) is 27.0 Å². The molecule has 2 aliphatic rings. The zero-order chi connectivity index (χ0) is 19.1. The van der Waals surface area contributed by atoms with Crippen LogP contribution in [-0.2, 0) is 10.1 Å². The van der Waals surface area contributed by atoms with E-state index in [1.165, 1.54) is 13.2 Å². The van der Waals surface area contributed by atoms with E-state index in [0.717, 1.165) is 32.1 Å². The predicted molar refractivity (Wildman–Crippen MR) is 99.1 cm³/mol. The number of guanidine groups is 2. The fourth-order valence-electron chi connectivity index (χ4n) is 3.74. The van der Waals surface area contributed by atoms with Gasteiger partial charge in [-0.25, -0.2) is 4.99 Å². The number of ether oxygens (including phenoxy) is 1. The van der Waals surface area contributed by atoms with Crippen molar-refractivity contribution >= 4 is 27.7 Å². The lowest BCUT2D eigenvalue weighted by Gasteiger charge is -2.46. The molecule has 1 aliphatic carbocycles. The van der Waals surface area contributed by atoms with Gasteiger partial charge >= 0.3 is 0 Å². The van der Waals surface area contributed by atoms with Crippen molar-refractivity contribution in [1.29, 1.82) is 0 Å². The Morgan fingerprint density at radius 3 is 2.46 bits per heavy atom. The number of benzene rings is 1. The van der Waals surface area contributed by atoms with Gasteiger partial charge in [-0.15, -0.1) is 0 Å². The van der Waals surface area contributed by atoms with Crippen LogP contribution in [0.2, 0.25) is 0 Å². The molecule has 0 bridgehead atoms. The van der Waals surface area contributed by atoms with Gasteiger partial charge in [0.05, 0.1) is 12.8 Å². The van der Waals surface area contributed by atoms with E-state index in [0.29, 0.717) is 11.3 Å². The van der Waals surface area contributed by atoms with Gasteiger partial charge in [0.15, 0.2) is 0 Å². The standard InChI is InChI=1S/C16H23N5O4S/c1-10-8-11(12(25-2)9-13(10)26(22,23)24)21-15(18)19-14(17)20-16(21)6-4-3-5-7-16/h8-9H,3-7H2,1-2H3,(H,22,23,24)(H4,17,18,19,20). The molecule has 10 heteroatoms. The maximum atomic E-state index is 11.6. The van der Waals surface area contributed by atoms with E-state index in [1.807, 2.05) is 0 Å². The third-order valence-electron chi connectivity index (χ3n) is 4.85. The van der Waals surface area contributed by atoms with Gasteiger partial charge in [0.25, 0.3) is 10.1 Å². The monoisotopic (exact) mass is 381 g/mol. The molecule has 1 heterocycles. The molecular weight excluding hydrogens is 358 g/mol. The van der Waals surface area contributed by atoms with Crippen LogP contribution in [-0.4, -0.2) is 37.7 Å².